The lowest BCUT2D eigenvalue weighted by Crippen LogP contribution is -2.20. The van der Waals surface area contributed by atoms with E-state index in [9.17, 15) is 14.7 Å². The highest BCUT2D eigenvalue weighted by Crippen LogP contribution is 2.39. The maximum absolute atomic E-state index is 12.9. The molecule has 0 bridgehead atoms. The minimum absolute atomic E-state index is 0.0861. The molecule has 1 atom stereocenters. The zero-order valence-corrected chi connectivity index (χ0v) is 25.8. The van der Waals surface area contributed by atoms with Crippen LogP contribution in [-0.4, -0.2) is 30.3 Å². The smallest absolute Gasteiger partial charge is 0.355 e. The number of methoxy groups -OCH3 is 1. The number of carbonyl (C=O) groups excluding carboxylic acids is 2. The highest BCUT2D eigenvalue weighted by molar-refractivity contribution is 6.09. The van der Waals surface area contributed by atoms with Crippen molar-refractivity contribution in [2.24, 2.45) is 0 Å². The minimum Gasteiger partial charge on any atom is -0.496 e. The molecule has 0 spiro atoms. The summed E-state index contributed by atoms with van der Waals surface area (Å²) in [5.41, 5.74) is 7.37. The van der Waals surface area contributed by atoms with E-state index >= 15 is 0 Å². The SMILES string of the molecule is C=CC(=O)ONc1cc(C(C)(C)c2ccc(OC)c(COC(O)C=C)c2)ccc1Oc1ccc(C(=O)c2ccc(C)cc2)cc1. The van der Waals surface area contributed by atoms with Crippen LogP contribution < -0.4 is 15.0 Å². The molecule has 1 unspecified atom stereocenters. The number of aliphatic hydroxyl groups is 1. The fourth-order valence-corrected chi connectivity index (χ4v) is 4.60. The first-order chi connectivity index (χ1) is 21.5. The Morgan fingerprint density at radius 2 is 1.49 bits per heavy atom. The third-order valence-corrected chi connectivity index (χ3v) is 7.40. The molecule has 45 heavy (non-hydrogen) atoms. The van der Waals surface area contributed by atoms with Gasteiger partial charge in [-0.05, 0) is 72.7 Å². The maximum Gasteiger partial charge on any atom is 0.355 e. The molecule has 8 nitrogen and oxygen atoms in total. The van der Waals surface area contributed by atoms with Gasteiger partial charge in [-0.15, -0.1) is 0 Å². The van der Waals surface area contributed by atoms with E-state index in [4.69, 9.17) is 19.0 Å². The summed E-state index contributed by atoms with van der Waals surface area (Å²) in [5.74, 6) is 0.760. The van der Waals surface area contributed by atoms with Crippen molar-refractivity contribution in [3.8, 4) is 17.2 Å². The summed E-state index contributed by atoms with van der Waals surface area (Å²) in [6.07, 6.45) is 1.25. The van der Waals surface area contributed by atoms with Gasteiger partial charge in [0.2, 0.25) is 0 Å². The number of aliphatic hydroxyl groups excluding tert-OH is 1. The Hall–Kier alpha value is -5.18. The van der Waals surface area contributed by atoms with Gasteiger partial charge in [-0.25, -0.2) is 10.3 Å². The van der Waals surface area contributed by atoms with Gasteiger partial charge in [0, 0.05) is 28.2 Å². The zero-order chi connectivity index (χ0) is 32.6. The molecule has 0 aliphatic carbocycles. The Morgan fingerprint density at radius 3 is 2.09 bits per heavy atom. The van der Waals surface area contributed by atoms with E-state index in [-0.39, 0.29) is 12.4 Å². The molecule has 4 aromatic carbocycles. The summed E-state index contributed by atoms with van der Waals surface area (Å²) in [4.78, 5) is 30.0. The minimum atomic E-state index is -1.10. The van der Waals surface area contributed by atoms with Gasteiger partial charge in [-0.2, -0.15) is 0 Å². The Kier molecular flexibility index (Phi) is 10.6. The van der Waals surface area contributed by atoms with E-state index in [1.165, 1.54) is 6.08 Å². The lowest BCUT2D eigenvalue weighted by molar-refractivity contribution is -0.134. The standard InChI is InChI=1S/C37H37NO7/c1-7-34(39)43-23-27-21-28(15-19-32(27)42-6)37(4,5)29-16-20-33(31(22-29)38-45-35(40)8-2)44-30-17-13-26(14-18-30)36(41)25-11-9-24(3)10-12-25/h7-22,34,38-39H,1-2,23H2,3-6H3. The molecule has 2 N–H and O–H groups in total. The maximum atomic E-state index is 12.9. The number of carbonyl (C=O) groups is 2. The van der Waals surface area contributed by atoms with Crippen LogP contribution in [0, 0.1) is 6.92 Å². The van der Waals surface area contributed by atoms with Crippen LogP contribution in [0.3, 0.4) is 0 Å². The van der Waals surface area contributed by atoms with Gasteiger partial charge in [0.05, 0.1) is 13.7 Å². The van der Waals surface area contributed by atoms with Crippen LogP contribution in [0.5, 0.6) is 17.2 Å². The average molecular weight is 608 g/mol. The third-order valence-electron chi connectivity index (χ3n) is 7.40. The van der Waals surface area contributed by atoms with Gasteiger partial charge in [0.1, 0.15) is 17.2 Å². The van der Waals surface area contributed by atoms with Gasteiger partial charge in [0.15, 0.2) is 17.8 Å². The molecule has 0 aliphatic heterocycles. The molecular weight excluding hydrogens is 570 g/mol. The Balaban J connectivity index is 1.62. The van der Waals surface area contributed by atoms with Crippen LogP contribution in [0.15, 0.2) is 110 Å². The van der Waals surface area contributed by atoms with E-state index in [0.717, 1.165) is 28.3 Å². The molecule has 0 aliphatic rings. The molecule has 0 heterocycles. The highest BCUT2D eigenvalue weighted by Gasteiger charge is 2.26. The fraction of sp³-hybridized carbons (Fsp3) is 0.189. The summed E-state index contributed by atoms with van der Waals surface area (Å²) in [6, 6.07) is 25.6. The molecule has 0 fully saturated rings. The predicted octanol–water partition coefficient (Wildman–Crippen LogP) is 7.43. The Morgan fingerprint density at radius 1 is 0.889 bits per heavy atom. The molecule has 0 saturated heterocycles. The number of hydrogen-bond donors (Lipinski definition) is 2. The molecule has 8 heteroatoms. The second kappa shape index (κ2) is 14.5. The van der Waals surface area contributed by atoms with Crippen molar-refractivity contribution in [3.05, 3.63) is 144 Å². The van der Waals surface area contributed by atoms with Gasteiger partial charge in [0.25, 0.3) is 0 Å². The Labute approximate surface area is 263 Å². The summed E-state index contributed by atoms with van der Waals surface area (Å²) in [6.45, 7) is 13.2. The van der Waals surface area contributed by atoms with E-state index in [1.807, 2.05) is 49.4 Å². The largest absolute Gasteiger partial charge is 0.496 e. The van der Waals surface area contributed by atoms with E-state index in [0.29, 0.717) is 34.1 Å². The second-order valence-electron chi connectivity index (χ2n) is 10.8. The van der Waals surface area contributed by atoms with Gasteiger partial charge >= 0.3 is 5.97 Å². The van der Waals surface area contributed by atoms with Crippen molar-refractivity contribution < 1.29 is 33.7 Å². The lowest BCUT2D eigenvalue weighted by atomic mass is 9.77. The summed E-state index contributed by atoms with van der Waals surface area (Å²) >= 11 is 0. The molecule has 0 aromatic heterocycles. The quantitative estimate of drug-likeness (QED) is 0.0502. The first-order valence-electron chi connectivity index (χ1n) is 14.3. The number of rotatable bonds is 14. The monoisotopic (exact) mass is 607 g/mol. The lowest BCUT2D eigenvalue weighted by Gasteiger charge is -2.28. The normalized spacial score (nSPS) is 11.7. The molecule has 4 rings (SSSR count). The molecular formula is C37H37NO7. The summed E-state index contributed by atoms with van der Waals surface area (Å²) in [5, 5.41) is 9.80. The topological polar surface area (TPSA) is 103 Å². The average Bonchev–Trinajstić information content (AvgIpc) is 3.06. The Bertz CT molecular complexity index is 1670. The number of anilines is 1. The predicted molar refractivity (Wildman–Crippen MR) is 174 cm³/mol. The zero-order valence-electron chi connectivity index (χ0n) is 25.8. The van der Waals surface area contributed by atoms with Crippen molar-refractivity contribution >= 4 is 17.4 Å². The van der Waals surface area contributed by atoms with E-state index in [1.54, 1.807) is 49.6 Å². The number of hydrogen-bond acceptors (Lipinski definition) is 8. The molecule has 0 saturated carbocycles. The molecule has 4 aromatic rings. The molecule has 0 radical (unpaired) electrons. The number of aryl methyl sites for hydroxylation is 1. The van der Waals surface area contributed by atoms with Crippen molar-refractivity contribution in [2.75, 3.05) is 12.6 Å². The van der Waals surface area contributed by atoms with Crippen LogP contribution in [0.4, 0.5) is 5.69 Å². The summed E-state index contributed by atoms with van der Waals surface area (Å²) in [7, 11) is 1.57. The van der Waals surface area contributed by atoms with Gasteiger partial charge in [-0.3, -0.25) is 4.79 Å². The van der Waals surface area contributed by atoms with Crippen LogP contribution in [0.2, 0.25) is 0 Å². The third kappa shape index (κ3) is 8.06. The number of ketones is 1. The highest BCUT2D eigenvalue weighted by atomic mass is 16.7. The van der Waals surface area contributed by atoms with E-state index in [2.05, 4.69) is 32.5 Å². The van der Waals surface area contributed by atoms with Crippen LogP contribution >= 0.6 is 0 Å². The molecule has 232 valence electrons. The van der Waals surface area contributed by atoms with Crippen molar-refractivity contribution in [1.29, 1.82) is 0 Å². The van der Waals surface area contributed by atoms with E-state index < -0.39 is 17.7 Å². The van der Waals surface area contributed by atoms with Crippen LogP contribution in [0.25, 0.3) is 0 Å². The first kappa shape index (κ1) is 32.7. The van der Waals surface area contributed by atoms with Crippen molar-refractivity contribution in [2.45, 2.75) is 39.1 Å². The first-order valence-corrected chi connectivity index (χ1v) is 14.3. The number of nitrogens with one attached hydrogen (secondary N) is 1. The van der Waals surface area contributed by atoms with Gasteiger partial charge in [-0.1, -0.05) is 69.0 Å². The van der Waals surface area contributed by atoms with Crippen LogP contribution in [0.1, 0.15) is 52.0 Å². The number of ether oxygens (including phenoxy) is 3. The van der Waals surface area contributed by atoms with Gasteiger partial charge < -0.3 is 24.2 Å². The summed E-state index contributed by atoms with van der Waals surface area (Å²) < 4.78 is 17.1. The second-order valence-corrected chi connectivity index (χ2v) is 10.8. The number of benzene rings is 4. The van der Waals surface area contributed by atoms with Crippen molar-refractivity contribution in [3.63, 3.8) is 0 Å². The molecule has 0 amide bonds. The van der Waals surface area contributed by atoms with Crippen LogP contribution in [-0.2, 0) is 26.4 Å². The fourth-order valence-electron chi connectivity index (χ4n) is 4.60. The van der Waals surface area contributed by atoms with Crippen molar-refractivity contribution in [1.82, 2.24) is 0 Å².